The number of halogens is 3. The van der Waals surface area contributed by atoms with Gasteiger partial charge in [-0.15, -0.1) is 0 Å². The molecule has 1 aromatic heterocycles. The fourth-order valence-corrected chi connectivity index (χ4v) is 2.16. The maximum atomic E-state index is 13.1. The highest BCUT2D eigenvalue weighted by atomic mass is 35.5. The van der Waals surface area contributed by atoms with Gasteiger partial charge in [0.15, 0.2) is 11.6 Å². The lowest BCUT2D eigenvalue weighted by Crippen LogP contribution is -1.85. The van der Waals surface area contributed by atoms with Crippen molar-refractivity contribution in [2.24, 2.45) is 0 Å². The Kier molecular flexibility index (Phi) is 3.67. The zero-order valence-corrected chi connectivity index (χ0v) is 11.6. The molecule has 0 fully saturated rings. The van der Waals surface area contributed by atoms with Crippen molar-refractivity contribution in [2.75, 3.05) is 0 Å². The molecule has 0 unspecified atom stereocenters. The molecule has 0 aliphatic heterocycles. The van der Waals surface area contributed by atoms with Crippen LogP contribution in [-0.4, -0.2) is 4.98 Å². The lowest BCUT2D eigenvalue weighted by Gasteiger charge is -2.00. The minimum atomic E-state index is -0.865. The lowest BCUT2D eigenvalue weighted by molar-refractivity contribution is 0.508. The van der Waals surface area contributed by atoms with E-state index in [1.54, 1.807) is 18.2 Å². The van der Waals surface area contributed by atoms with Gasteiger partial charge in [-0.25, -0.2) is 13.8 Å². The minimum Gasteiger partial charge on any atom is -0.248 e. The molecule has 0 atom stereocenters. The highest BCUT2D eigenvalue weighted by Gasteiger charge is 2.01. The molecule has 0 amide bonds. The largest absolute Gasteiger partial charge is 0.248 e. The van der Waals surface area contributed by atoms with Gasteiger partial charge in [0, 0.05) is 10.4 Å². The van der Waals surface area contributed by atoms with Gasteiger partial charge < -0.3 is 0 Å². The number of fused-ring (bicyclic) bond motifs is 1. The predicted molar refractivity (Wildman–Crippen MR) is 82.0 cm³/mol. The van der Waals surface area contributed by atoms with Gasteiger partial charge in [-0.1, -0.05) is 35.9 Å². The summed E-state index contributed by atoms with van der Waals surface area (Å²) in [4.78, 5) is 4.45. The van der Waals surface area contributed by atoms with Crippen molar-refractivity contribution in [3.05, 3.63) is 76.4 Å². The normalized spacial score (nSPS) is 11.4. The van der Waals surface area contributed by atoms with Gasteiger partial charge in [0.1, 0.15) is 0 Å². The Morgan fingerprint density at radius 2 is 1.67 bits per heavy atom. The second-order valence-electron chi connectivity index (χ2n) is 4.58. The molecule has 1 heterocycles. The smallest absolute Gasteiger partial charge is 0.159 e. The van der Waals surface area contributed by atoms with Crippen molar-refractivity contribution in [2.45, 2.75) is 0 Å². The Morgan fingerprint density at radius 3 is 2.48 bits per heavy atom. The highest BCUT2D eigenvalue weighted by molar-refractivity contribution is 6.31. The molecule has 0 saturated carbocycles. The van der Waals surface area contributed by atoms with E-state index in [2.05, 4.69) is 4.98 Å². The molecule has 4 heteroatoms. The molecule has 2 aromatic carbocycles. The molecule has 0 aliphatic carbocycles. The number of rotatable bonds is 2. The van der Waals surface area contributed by atoms with Crippen LogP contribution in [0.25, 0.3) is 23.1 Å². The summed E-state index contributed by atoms with van der Waals surface area (Å²) >= 11 is 5.94. The van der Waals surface area contributed by atoms with Crippen LogP contribution < -0.4 is 0 Å². The van der Waals surface area contributed by atoms with Crippen molar-refractivity contribution >= 4 is 34.7 Å². The van der Waals surface area contributed by atoms with Crippen LogP contribution in [0, 0.1) is 11.6 Å². The van der Waals surface area contributed by atoms with E-state index < -0.39 is 11.6 Å². The second kappa shape index (κ2) is 5.62. The molecule has 0 N–H and O–H groups in total. The summed E-state index contributed by atoms with van der Waals surface area (Å²) in [5.41, 5.74) is 2.08. The monoisotopic (exact) mass is 301 g/mol. The molecule has 104 valence electrons. The van der Waals surface area contributed by atoms with Crippen LogP contribution in [-0.2, 0) is 0 Å². The minimum absolute atomic E-state index is 0.571. The summed E-state index contributed by atoms with van der Waals surface area (Å²) in [6.07, 6.45) is 3.42. The van der Waals surface area contributed by atoms with Gasteiger partial charge in [0.25, 0.3) is 0 Å². The van der Waals surface area contributed by atoms with Crippen molar-refractivity contribution in [3.63, 3.8) is 0 Å². The van der Waals surface area contributed by atoms with Crippen LogP contribution in [0.1, 0.15) is 11.3 Å². The molecule has 0 saturated heterocycles. The van der Waals surface area contributed by atoms with E-state index in [1.807, 2.05) is 24.3 Å². The van der Waals surface area contributed by atoms with E-state index in [4.69, 9.17) is 11.6 Å². The second-order valence-corrected chi connectivity index (χ2v) is 5.02. The molecule has 3 aromatic rings. The number of aromatic nitrogens is 1. The molecular weight excluding hydrogens is 292 g/mol. The number of pyridine rings is 1. The van der Waals surface area contributed by atoms with Crippen LogP contribution in [0.3, 0.4) is 0 Å². The molecule has 21 heavy (non-hydrogen) atoms. The topological polar surface area (TPSA) is 12.9 Å². The van der Waals surface area contributed by atoms with E-state index in [-0.39, 0.29) is 0 Å². The van der Waals surface area contributed by atoms with Crippen LogP contribution in [0.2, 0.25) is 5.02 Å². The molecule has 0 spiro atoms. The number of hydrogen-bond acceptors (Lipinski definition) is 1. The summed E-state index contributed by atoms with van der Waals surface area (Å²) in [5, 5.41) is 1.61. The molecule has 0 bridgehead atoms. The third-order valence-corrected chi connectivity index (χ3v) is 3.30. The molecular formula is C17H10ClF2N. The van der Waals surface area contributed by atoms with Crippen LogP contribution >= 0.6 is 11.6 Å². The molecule has 1 nitrogen and oxygen atoms in total. The van der Waals surface area contributed by atoms with E-state index in [0.29, 0.717) is 10.6 Å². The standard InChI is InChI=1S/C17H10ClF2N/c18-13-5-3-12-4-7-14(21-17(12)10-13)6-1-11-2-8-15(19)16(20)9-11/h1-10H/b6-1+. The first kappa shape index (κ1) is 13.7. The zero-order valence-electron chi connectivity index (χ0n) is 10.9. The Balaban J connectivity index is 1.93. The summed E-state index contributed by atoms with van der Waals surface area (Å²) < 4.78 is 26.0. The Bertz CT molecular complexity index is 843. The van der Waals surface area contributed by atoms with Gasteiger partial charge >= 0.3 is 0 Å². The van der Waals surface area contributed by atoms with Crippen molar-refractivity contribution in [3.8, 4) is 0 Å². The van der Waals surface area contributed by atoms with Crippen LogP contribution in [0.5, 0.6) is 0 Å². The molecule has 0 aliphatic rings. The Labute approximate surface area is 125 Å². The van der Waals surface area contributed by atoms with Crippen LogP contribution in [0.15, 0.2) is 48.5 Å². The third-order valence-electron chi connectivity index (χ3n) is 3.07. The third kappa shape index (κ3) is 3.09. The number of hydrogen-bond donors (Lipinski definition) is 0. The van der Waals surface area contributed by atoms with Crippen molar-refractivity contribution in [1.29, 1.82) is 0 Å². The van der Waals surface area contributed by atoms with Gasteiger partial charge in [-0.05, 0) is 42.0 Å². The lowest BCUT2D eigenvalue weighted by atomic mass is 10.1. The maximum absolute atomic E-state index is 13.1. The fourth-order valence-electron chi connectivity index (χ4n) is 2.00. The van der Waals surface area contributed by atoms with E-state index in [1.165, 1.54) is 6.07 Å². The zero-order chi connectivity index (χ0) is 14.8. The summed E-state index contributed by atoms with van der Waals surface area (Å²) in [6, 6.07) is 13.0. The van der Waals surface area contributed by atoms with E-state index in [9.17, 15) is 8.78 Å². The van der Waals surface area contributed by atoms with Crippen molar-refractivity contribution < 1.29 is 8.78 Å². The summed E-state index contributed by atoms with van der Waals surface area (Å²) in [6.45, 7) is 0. The Hall–Kier alpha value is -2.26. The highest BCUT2D eigenvalue weighted by Crippen LogP contribution is 2.19. The number of benzene rings is 2. The first-order valence-electron chi connectivity index (χ1n) is 6.31. The fraction of sp³-hybridized carbons (Fsp3) is 0. The van der Waals surface area contributed by atoms with Gasteiger partial charge in [-0.2, -0.15) is 0 Å². The summed E-state index contributed by atoms with van der Waals surface area (Å²) in [7, 11) is 0. The quantitative estimate of drug-likeness (QED) is 0.623. The van der Waals surface area contributed by atoms with E-state index in [0.717, 1.165) is 28.7 Å². The first-order chi connectivity index (χ1) is 10.1. The first-order valence-corrected chi connectivity index (χ1v) is 6.69. The molecule has 0 radical (unpaired) electrons. The Morgan fingerprint density at radius 1 is 0.857 bits per heavy atom. The van der Waals surface area contributed by atoms with Crippen molar-refractivity contribution in [1.82, 2.24) is 4.98 Å². The average Bonchev–Trinajstić information content (AvgIpc) is 2.48. The van der Waals surface area contributed by atoms with Crippen LogP contribution in [0.4, 0.5) is 8.78 Å². The predicted octanol–water partition coefficient (Wildman–Crippen LogP) is 5.34. The SMILES string of the molecule is Fc1ccc(/C=C/c2ccc3ccc(Cl)cc3n2)cc1F. The molecule has 3 rings (SSSR count). The maximum Gasteiger partial charge on any atom is 0.159 e. The van der Waals surface area contributed by atoms with E-state index >= 15 is 0 Å². The van der Waals surface area contributed by atoms with Gasteiger partial charge in [0.2, 0.25) is 0 Å². The average molecular weight is 302 g/mol. The number of nitrogens with zero attached hydrogens (tertiary/aromatic N) is 1. The van der Waals surface area contributed by atoms with Gasteiger partial charge in [-0.3, -0.25) is 0 Å². The van der Waals surface area contributed by atoms with Gasteiger partial charge in [0.05, 0.1) is 11.2 Å². The summed E-state index contributed by atoms with van der Waals surface area (Å²) in [5.74, 6) is -1.72.